The predicted octanol–water partition coefficient (Wildman–Crippen LogP) is 2.65. The van der Waals surface area contributed by atoms with Crippen molar-refractivity contribution in [1.29, 1.82) is 5.26 Å². The minimum atomic E-state index is -0.289. The Bertz CT molecular complexity index is 794. The van der Waals surface area contributed by atoms with Gasteiger partial charge in [0.25, 0.3) is 0 Å². The molecule has 0 saturated heterocycles. The Labute approximate surface area is 144 Å². The molecule has 3 rings (SSSR count). The van der Waals surface area contributed by atoms with E-state index < -0.39 is 0 Å². The van der Waals surface area contributed by atoms with E-state index in [1.54, 1.807) is 0 Å². The van der Waals surface area contributed by atoms with Crippen molar-refractivity contribution in [2.45, 2.75) is 51.6 Å². The third kappa shape index (κ3) is 3.26. The number of hydrogen-bond donors (Lipinski definition) is 2. The van der Waals surface area contributed by atoms with Crippen LogP contribution in [0.1, 0.15) is 44.1 Å². The fourth-order valence-corrected chi connectivity index (χ4v) is 3.92. The van der Waals surface area contributed by atoms with Crippen molar-refractivity contribution in [2.75, 3.05) is 5.32 Å². The highest BCUT2D eigenvalue weighted by Gasteiger charge is 2.25. The van der Waals surface area contributed by atoms with E-state index in [0.717, 1.165) is 24.2 Å². The first-order valence-electron chi connectivity index (χ1n) is 7.84. The molecule has 1 aliphatic rings. The molecule has 0 spiro atoms. The maximum Gasteiger partial charge on any atom is 0.320 e. The highest BCUT2D eigenvalue weighted by molar-refractivity contribution is 7.14. The average molecular weight is 344 g/mol. The highest BCUT2D eigenvalue weighted by Crippen LogP contribution is 2.35. The van der Waals surface area contributed by atoms with Gasteiger partial charge in [-0.1, -0.05) is 20.8 Å². The maximum atomic E-state index is 12.3. The third-order valence-electron chi connectivity index (χ3n) is 4.08. The molecule has 0 radical (unpaired) electrons. The number of hydrogen-bond acceptors (Lipinski definition) is 5. The number of carbonyl (C=O) groups is 1. The molecular weight excluding hydrogens is 324 g/mol. The van der Waals surface area contributed by atoms with Crippen molar-refractivity contribution in [2.24, 2.45) is 0 Å². The molecule has 24 heavy (non-hydrogen) atoms. The Morgan fingerprint density at radius 1 is 1.50 bits per heavy atom. The van der Waals surface area contributed by atoms with Crippen LogP contribution in [0.15, 0.2) is 11.7 Å². The van der Waals surface area contributed by atoms with Gasteiger partial charge in [-0.15, -0.1) is 11.3 Å². The topological polar surface area (TPSA) is 95.6 Å². The number of nitrogens with zero attached hydrogens (tertiary/aromatic N) is 4. The lowest BCUT2D eigenvalue weighted by Gasteiger charge is -2.23. The summed E-state index contributed by atoms with van der Waals surface area (Å²) in [5.74, 6) is 0.952. The second kappa shape index (κ2) is 6.24. The van der Waals surface area contributed by atoms with Gasteiger partial charge >= 0.3 is 6.03 Å². The fourth-order valence-electron chi connectivity index (χ4n) is 2.79. The van der Waals surface area contributed by atoms with Crippen molar-refractivity contribution in [1.82, 2.24) is 20.1 Å². The second-order valence-electron chi connectivity index (χ2n) is 6.91. The summed E-state index contributed by atoms with van der Waals surface area (Å²) in [7, 11) is 0. The van der Waals surface area contributed by atoms with E-state index in [1.165, 1.54) is 17.7 Å². The van der Waals surface area contributed by atoms with Gasteiger partial charge in [-0.25, -0.2) is 14.5 Å². The number of anilines is 1. The first-order valence-corrected chi connectivity index (χ1v) is 8.72. The van der Waals surface area contributed by atoms with E-state index in [4.69, 9.17) is 0 Å². The summed E-state index contributed by atoms with van der Waals surface area (Å²) in [4.78, 5) is 16.5. The van der Waals surface area contributed by atoms with Crippen LogP contribution in [0, 0.1) is 11.3 Å². The second-order valence-corrected chi connectivity index (χ2v) is 7.79. The molecule has 0 bridgehead atoms. The third-order valence-corrected chi connectivity index (χ3v) is 4.97. The molecule has 2 N–H and O–H groups in total. The van der Waals surface area contributed by atoms with Crippen molar-refractivity contribution >= 4 is 22.4 Å². The lowest BCUT2D eigenvalue weighted by Crippen LogP contribution is -2.43. The summed E-state index contributed by atoms with van der Waals surface area (Å²) in [6.07, 6.45) is 3.16. The first kappa shape index (κ1) is 16.5. The smallest absolute Gasteiger partial charge is 0.320 e. The predicted molar refractivity (Wildman–Crippen MR) is 92.0 cm³/mol. The molecule has 1 unspecified atom stereocenters. The number of nitrogens with one attached hydrogen (secondary N) is 2. The van der Waals surface area contributed by atoms with Crippen molar-refractivity contribution in [3.63, 3.8) is 0 Å². The van der Waals surface area contributed by atoms with Gasteiger partial charge < -0.3 is 5.32 Å². The Kier molecular flexibility index (Phi) is 4.28. The summed E-state index contributed by atoms with van der Waals surface area (Å²) in [6.45, 7) is 6.78. The Morgan fingerprint density at radius 3 is 3.00 bits per heavy atom. The monoisotopic (exact) mass is 344 g/mol. The minimum Gasteiger partial charge on any atom is -0.333 e. The van der Waals surface area contributed by atoms with Crippen LogP contribution in [0.3, 0.4) is 0 Å². The van der Waals surface area contributed by atoms with Crippen LogP contribution < -0.4 is 10.6 Å². The fraction of sp³-hybridized carbons (Fsp3) is 0.500. The molecular formula is C16H20N6OS. The van der Waals surface area contributed by atoms with Crippen molar-refractivity contribution in [3.8, 4) is 6.07 Å². The molecule has 7 nitrogen and oxygen atoms in total. The van der Waals surface area contributed by atoms with Crippen LogP contribution in [-0.2, 0) is 18.4 Å². The Hall–Kier alpha value is -2.40. The SMILES string of the molecule is CC(C)(C)c1csc(NC(=O)NC2CCc3ncnn3C2)c1C#N. The zero-order valence-corrected chi connectivity index (χ0v) is 14.8. The summed E-state index contributed by atoms with van der Waals surface area (Å²) in [5.41, 5.74) is 1.37. The molecule has 1 atom stereocenters. The molecule has 126 valence electrons. The molecule has 2 aromatic rings. The Balaban J connectivity index is 1.66. The van der Waals surface area contributed by atoms with E-state index in [-0.39, 0.29) is 17.5 Å². The summed E-state index contributed by atoms with van der Waals surface area (Å²) in [6, 6.07) is 1.93. The summed E-state index contributed by atoms with van der Waals surface area (Å²) < 4.78 is 1.82. The van der Waals surface area contributed by atoms with Crippen LogP contribution in [0.4, 0.5) is 9.80 Å². The van der Waals surface area contributed by atoms with Gasteiger partial charge in [-0.3, -0.25) is 5.32 Å². The standard InChI is InChI=1S/C16H20N6OS/c1-16(2,3)12-8-24-14(11(12)6-17)21-15(23)20-10-4-5-13-18-9-19-22(13)7-10/h8-10H,4-5,7H2,1-3H3,(H2,20,21,23). The summed E-state index contributed by atoms with van der Waals surface area (Å²) >= 11 is 1.39. The maximum absolute atomic E-state index is 12.3. The zero-order valence-electron chi connectivity index (χ0n) is 14.0. The van der Waals surface area contributed by atoms with Crippen LogP contribution in [0.25, 0.3) is 0 Å². The number of aromatic nitrogens is 3. The minimum absolute atomic E-state index is 0.00628. The van der Waals surface area contributed by atoms with Gasteiger partial charge in [0.1, 0.15) is 23.2 Å². The summed E-state index contributed by atoms with van der Waals surface area (Å²) in [5, 5.41) is 21.9. The molecule has 8 heteroatoms. The van der Waals surface area contributed by atoms with E-state index in [0.29, 0.717) is 17.1 Å². The molecule has 0 fully saturated rings. The number of carbonyl (C=O) groups excluding carboxylic acids is 1. The molecule has 3 heterocycles. The van der Waals surface area contributed by atoms with Crippen LogP contribution in [0.2, 0.25) is 0 Å². The highest BCUT2D eigenvalue weighted by atomic mass is 32.1. The normalized spacial score (nSPS) is 17.0. The van der Waals surface area contributed by atoms with Gasteiger partial charge in [0, 0.05) is 6.42 Å². The van der Waals surface area contributed by atoms with Gasteiger partial charge in [-0.2, -0.15) is 10.4 Å². The number of thiophene rings is 1. The molecule has 0 aliphatic carbocycles. The zero-order chi connectivity index (χ0) is 17.3. The van der Waals surface area contributed by atoms with E-state index in [1.807, 2.05) is 10.1 Å². The van der Waals surface area contributed by atoms with Crippen molar-refractivity contribution in [3.05, 3.63) is 28.7 Å². The molecule has 1 aliphatic heterocycles. The molecule has 0 saturated carbocycles. The average Bonchev–Trinajstić information content (AvgIpc) is 3.12. The van der Waals surface area contributed by atoms with Crippen molar-refractivity contribution < 1.29 is 4.79 Å². The lowest BCUT2D eigenvalue weighted by molar-refractivity contribution is 0.243. The number of amides is 2. The van der Waals surface area contributed by atoms with Crippen LogP contribution in [0.5, 0.6) is 0 Å². The first-order chi connectivity index (χ1) is 11.4. The van der Waals surface area contributed by atoms with E-state index in [2.05, 4.69) is 47.6 Å². The van der Waals surface area contributed by atoms with E-state index in [9.17, 15) is 10.1 Å². The number of nitriles is 1. The van der Waals surface area contributed by atoms with Gasteiger partial charge in [0.15, 0.2) is 0 Å². The van der Waals surface area contributed by atoms with Gasteiger partial charge in [0.2, 0.25) is 0 Å². The molecule has 2 amide bonds. The molecule has 0 aromatic carbocycles. The lowest BCUT2D eigenvalue weighted by atomic mass is 9.86. The van der Waals surface area contributed by atoms with Gasteiger partial charge in [0.05, 0.1) is 18.2 Å². The van der Waals surface area contributed by atoms with Crippen LogP contribution >= 0.6 is 11.3 Å². The number of rotatable bonds is 2. The largest absolute Gasteiger partial charge is 0.333 e. The number of aryl methyl sites for hydroxylation is 1. The van der Waals surface area contributed by atoms with E-state index >= 15 is 0 Å². The van der Waals surface area contributed by atoms with Crippen LogP contribution in [-0.4, -0.2) is 26.8 Å². The molecule has 2 aromatic heterocycles. The number of fused-ring (bicyclic) bond motifs is 1. The number of urea groups is 1. The van der Waals surface area contributed by atoms with Gasteiger partial charge in [-0.05, 0) is 22.8 Å². The Morgan fingerprint density at radius 2 is 2.29 bits per heavy atom. The quantitative estimate of drug-likeness (QED) is 0.875.